The van der Waals surface area contributed by atoms with Crippen molar-refractivity contribution in [1.82, 2.24) is 5.32 Å². The Labute approximate surface area is 124 Å². The first-order chi connectivity index (χ1) is 10.1. The Morgan fingerprint density at radius 3 is 2.95 bits per heavy atom. The van der Waals surface area contributed by atoms with E-state index in [1.807, 2.05) is 24.3 Å². The molecule has 2 N–H and O–H groups in total. The molecule has 1 amide bonds. The molecule has 0 aliphatic carbocycles. The average molecular weight is 291 g/mol. The lowest BCUT2D eigenvalue weighted by molar-refractivity contribution is -0.141. The zero-order chi connectivity index (χ0) is 15.2. The van der Waals surface area contributed by atoms with Crippen molar-refractivity contribution in [3.8, 4) is 5.75 Å². The number of aliphatic carboxylic acids is 1. The molecule has 0 saturated heterocycles. The van der Waals surface area contributed by atoms with Crippen LogP contribution in [0.25, 0.3) is 0 Å². The highest BCUT2D eigenvalue weighted by Crippen LogP contribution is 2.26. The summed E-state index contributed by atoms with van der Waals surface area (Å²) in [4.78, 5) is 22.8. The lowest BCUT2D eigenvalue weighted by atomic mass is 9.96. The van der Waals surface area contributed by atoms with Gasteiger partial charge in [-0.25, -0.2) is 0 Å². The number of fused-ring (bicyclic) bond motifs is 1. The zero-order valence-electron chi connectivity index (χ0n) is 12.2. The van der Waals surface area contributed by atoms with Gasteiger partial charge in [0.1, 0.15) is 12.4 Å². The Kier molecular flexibility index (Phi) is 5.20. The maximum absolute atomic E-state index is 12.1. The minimum atomic E-state index is -0.793. The summed E-state index contributed by atoms with van der Waals surface area (Å²) in [6, 6.07) is 7.75. The Morgan fingerprint density at radius 2 is 2.19 bits per heavy atom. The summed E-state index contributed by atoms with van der Waals surface area (Å²) in [5.41, 5.74) is 1.06. The predicted molar refractivity (Wildman–Crippen MR) is 78.2 cm³/mol. The largest absolute Gasteiger partial charge is 0.492 e. The topological polar surface area (TPSA) is 75.6 Å². The predicted octanol–water partition coefficient (Wildman–Crippen LogP) is 1.85. The molecule has 2 unspecified atom stereocenters. The van der Waals surface area contributed by atoms with Crippen molar-refractivity contribution in [3.63, 3.8) is 0 Å². The average Bonchev–Trinajstić information content (AvgIpc) is 2.50. The normalized spacial score (nSPS) is 18.2. The van der Waals surface area contributed by atoms with E-state index in [9.17, 15) is 9.59 Å². The van der Waals surface area contributed by atoms with E-state index in [4.69, 9.17) is 9.84 Å². The number of carbonyl (C=O) groups is 2. The molecule has 1 aromatic carbocycles. The van der Waals surface area contributed by atoms with Gasteiger partial charge >= 0.3 is 5.97 Å². The fraction of sp³-hybridized carbons (Fsp3) is 0.500. The van der Waals surface area contributed by atoms with Crippen molar-refractivity contribution in [2.45, 2.75) is 26.2 Å². The van der Waals surface area contributed by atoms with Crippen LogP contribution in [0.4, 0.5) is 0 Å². The van der Waals surface area contributed by atoms with Gasteiger partial charge in [-0.3, -0.25) is 9.59 Å². The van der Waals surface area contributed by atoms with E-state index in [1.165, 1.54) is 0 Å². The first kappa shape index (κ1) is 15.4. The van der Waals surface area contributed by atoms with Gasteiger partial charge in [-0.2, -0.15) is 0 Å². The quantitative estimate of drug-likeness (QED) is 0.784. The van der Waals surface area contributed by atoms with Crippen molar-refractivity contribution in [3.05, 3.63) is 29.8 Å². The molecule has 1 aromatic rings. The molecule has 0 saturated carbocycles. The van der Waals surface area contributed by atoms with Crippen LogP contribution in [0, 0.1) is 11.8 Å². The Balaban J connectivity index is 1.74. The molecule has 1 heterocycles. The third kappa shape index (κ3) is 4.21. The van der Waals surface area contributed by atoms with Gasteiger partial charge in [-0.15, -0.1) is 0 Å². The number of benzene rings is 1. The molecule has 0 spiro atoms. The summed E-state index contributed by atoms with van der Waals surface area (Å²) in [5, 5.41) is 11.6. The third-order valence-electron chi connectivity index (χ3n) is 3.78. The summed E-state index contributed by atoms with van der Waals surface area (Å²) in [5.74, 6) is -0.494. The van der Waals surface area contributed by atoms with Crippen LogP contribution < -0.4 is 10.1 Å². The van der Waals surface area contributed by atoms with Crippen LogP contribution in [-0.4, -0.2) is 30.1 Å². The Bertz CT molecular complexity index is 515. The number of carboxylic acids is 1. The van der Waals surface area contributed by atoms with Gasteiger partial charge in [0.05, 0.1) is 11.8 Å². The number of para-hydroxylation sites is 1. The van der Waals surface area contributed by atoms with Crippen LogP contribution in [0.3, 0.4) is 0 Å². The molecule has 0 radical (unpaired) electrons. The molecular weight excluding hydrogens is 270 g/mol. The van der Waals surface area contributed by atoms with Gasteiger partial charge in [-0.05, 0) is 30.9 Å². The highest BCUT2D eigenvalue weighted by atomic mass is 16.5. The van der Waals surface area contributed by atoms with Crippen LogP contribution in [0.2, 0.25) is 0 Å². The summed E-state index contributed by atoms with van der Waals surface area (Å²) in [6.07, 6.45) is 1.93. The third-order valence-corrected chi connectivity index (χ3v) is 3.78. The number of carbonyl (C=O) groups excluding carboxylic acids is 1. The number of amides is 1. The fourth-order valence-corrected chi connectivity index (χ4v) is 2.38. The number of rotatable bonds is 6. The van der Waals surface area contributed by atoms with Crippen LogP contribution >= 0.6 is 0 Å². The Morgan fingerprint density at radius 1 is 1.43 bits per heavy atom. The molecule has 1 aliphatic heterocycles. The first-order valence-corrected chi connectivity index (χ1v) is 7.29. The van der Waals surface area contributed by atoms with Gasteiger partial charge in [0, 0.05) is 6.54 Å². The van der Waals surface area contributed by atoms with E-state index < -0.39 is 5.97 Å². The maximum Gasteiger partial charge on any atom is 0.306 e. The monoisotopic (exact) mass is 291 g/mol. The van der Waals surface area contributed by atoms with Crippen LogP contribution in [0.5, 0.6) is 5.75 Å². The first-order valence-electron chi connectivity index (χ1n) is 7.29. The van der Waals surface area contributed by atoms with Crippen molar-refractivity contribution < 1.29 is 19.4 Å². The minimum absolute atomic E-state index is 0.0209. The molecule has 0 fully saturated rings. The Hall–Kier alpha value is -2.04. The number of ether oxygens (including phenoxy) is 1. The summed E-state index contributed by atoms with van der Waals surface area (Å²) in [7, 11) is 0. The standard InChI is InChI=1S/C16H21NO4/c1-11(16(19)20)5-4-8-17-15(18)13-9-12-6-2-3-7-14(12)21-10-13/h2-3,6-7,11,13H,4-5,8-10H2,1H3,(H,17,18)(H,19,20). The van der Waals surface area contributed by atoms with E-state index in [-0.39, 0.29) is 17.7 Å². The molecule has 5 heteroatoms. The summed E-state index contributed by atoms with van der Waals surface area (Å²) >= 11 is 0. The molecule has 2 atom stereocenters. The SMILES string of the molecule is CC(CCCNC(=O)C1COc2ccccc2C1)C(=O)O. The maximum atomic E-state index is 12.1. The minimum Gasteiger partial charge on any atom is -0.492 e. The second-order valence-corrected chi connectivity index (χ2v) is 5.49. The molecule has 0 bridgehead atoms. The number of carboxylic acid groups (broad SMARTS) is 1. The molecule has 114 valence electrons. The fourth-order valence-electron chi connectivity index (χ4n) is 2.38. The van der Waals surface area contributed by atoms with Gasteiger partial charge in [0.2, 0.25) is 5.91 Å². The van der Waals surface area contributed by atoms with E-state index in [2.05, 4.69) is 5.32 Å². The summed E-state index contributed by atoms with van der Waals surface area (Å²) < 4.78 is 5.59. The van der Waals surface area contributed by atoms with E-state index >= 15 is 0 Å². The zero-order valence-corrected chi connectivity index (χ0v) is 12.2. The second-order valence-electron chi connectivity index (χ2n) is 5.49. The lowest BCUT2D eigenvalue weighted by Gasteiger charge is -2.24. The molecule has 1 aliphatic rings. The van der Waals surface area contributed by atoms with Gasteiger partial charge < -0.3 is 15.2 Å². The van der Waals surface area contributed by atoms with E-state index in [1.54, 1.807) is 6.92 Å². The van der Waals surface area contributed by atoms with Gasteiger partial charge in [-0.1, -0.05) is 25.1 Å². The van der Waals surface area contributed by atoms with Crippen molar-refractivity contribution in [2.24, 2.45) is 11.8 Å². The van der Waals surface area contributed by atoms with Crippen LogP contribution in [0.1, 0.15) is 25.3 Å². The van der Waals surface area contributed by atoms with E-state index in [0.717, 1.165) is 11.3 Å². The van der Waals surface area contributed by atoms with Gasteiger partial charge in [0.25, 0.3) is 0 Å². The number of hydrogen-bond donors (Lipinski definition) is 2. The van der Waals surface area contributed by atoms with Crippen molar-refractivity contribution in [2.75, 3.05) is 13.2 Å². The van der Waals surface area contributed by atoms with Crippen molar-refractivity contribution >= 4 is 11.9 Å². The summed E-state index contributed by atoms with van der Waals surface area (Å²) in [6.45, 7) is 2.58. The van der Waals surface area contributed by atoms with Crippen molar-refractivity contribution in [1.29, 1.82) is 0 Å². The van der Waals surface area contributed by atoms with E-state index in [0.29, 0.717) is 32.4 Å². The van der Waals surface area contributed by atoms with Crippen LogP contribution in [0.15, 0.2) is 24.3 Å². The number of hydrogen-bond acceptors (Lipinski definition) is 3. The highest BCUT2D eigenvalue weighted by Gasteiger charge is 2.25. The second kappa shape index (κ2) is 7.11. The molecule has 21 heavy (non-hydrogen) atoms. The molecule has 5 nitrogen and oxygen atoms in total. The number of nitrogens with one attached hydrogen (secondary N) is 1. The molecular formula is C16H21NO4. The molecule has 0 aromatic heterocycles. The smallest absolute Gasteiger partial charge is 0.306 e. The van der Waals surface area contributed by atoms with Gasteiger partial charge in [0.15, 0.2) is 0 Å². The lowest BCUT2D eigenvalue weighted by Crippen LogP contribution is -2.37. The molecule has 2 rings (SSSR count). The highest BCUT2D eigenvalue weighted by molar-refractivity contribution is 5.79. The van der Waals surface area contributed by atoms with Crippen LogP contribution in [-0.2, 0) is 16.0 Å².